The predicted octanol–water partition coefficient (Wildman–Crippen LogP) is 3.75. The van der Waals surface area contributed by atoms with Crippen molar-refractivity contribution >= 4 is 44.0 Å². The Morgan fingerprint density at radius 2 is 1.95 bits per heavy atom. The third-order valence-electron chi connectivity index (χ3n) is 2.73. The predicted molar refractivity (Wildman–Crippen MR) is 89.3 cm³/mol. The number of phenolic OH excluding ortho intramolecular Hbond substituents is 1. The molecule has 0 bridgehead atoms. The first-order chi connectivity index (χ1) is 10.5. The van der Waals surface area contributed by atoms with E-state index in [1.54, 1.807) is 12.1 Å². The number of hydrogen-bond donors (Lipinski definition) is 2. The summed E-state index contributed by atoms with van der Waals surface area (Å²) in [4.78, 5) is 11.7. The van der Waals surface area contributed by atoms with Crippen molar-refractivity contribution in [2.24, 2.45) is 5.10 Å². The molecule has 0 radical (unpaired) electrons. The quantitative estimate of drug-likeness (QED) is 0.574. The molecule has 0 fully saturated rings. The van der Waals surface area contributed by atoms with E-state index in [0.29, 0.717) is 15.6 Å². The van der Waals surface area contributed by atoms with Crippen LogP contribution in [0.15, 0.2) is 50.4 Å². The van der Waals surface area contributed by atoms with Gasteiger partial charge in [0.1, 0.15) is 11.6 Å². The first-order valence-corrected chi connectivity index (χ1v) is 7.78. The van der Waals surface area contributed by atoms with E-state index in [1.807, 2.05) is 0 Å². The van der Waals surface area contributed by atoms with Crippen LogP contribution < -0.4 is 5.43 Å². The molecule has 1 amide bonds. The first-order valence-electron chi connectivity index (χ1n) is 6.20. The van der Waals surface area contributed by atoms with Crippen molar-refractivity contribution < 1.29 is 14.3 Å². The molecular weight excluding hydrogens is 419 g/mol. The highest BCUT2D eigenvalue weighted by Crippen LogP contribution is 2.30. The fourth-order valence-corrected chi connectivity index (χ4v) is 2.94. The summed E-state index contributed by atoms with van der Waals surface area (Å²) in [5.41, 5.74) is 3.49. The van der Waals surface area contributed by atoms with Crippen molar-refractivity contribution in [1.29, 1.82) is 0 Å². The van der Waals surface area contributed by atoms with E-state index < -0.39 is 0 Å². The molecule has 0 aliphatic rings. The van der Waals surface area contributed by atoms with Crippen molar-refractivity contribution in [3.05, 3.63) is 62.3 Å². The first kappa shape index (κ1) is 16.6. The molecule has 7 heteroatoms. The number of rotatable bonds is 4. The van der Waals surface area contributed by atoms with Crippen molar-refractivity contribution in [1.82, 2.24) is 5.43 Å². The van der Waals surface area contributed by atoms with Gasteiger partial charge in [-0.3, -0.25) is 4.79 Å². The third-order valence-corrected chi connectivity index (χ3v) is 3.79. The van der Waals surface area contributed by atoms with Gasteiger partial charge >= 0.3 is 0 Å². The van der Waals surface area contributed by atoms with Gasteiger partial charge in [0.05, 0.1) is 17.1 Å². The molecule has 0 heterocycles. The molecule has 2 aromatic carbocycles. The maximum Gasteiger partial charge on any atom is 0.244 e. The second-order valence-electron chi connectivity index (χ2n) is 4.42. The van der Waals surface area contributed by atoms with Crippen LogP contribution in [0.25, 0.3) is 0 Å². The van der Waals surface area contributed by atoms with Gasteiger partial charge in [-0.25, -0.2) is 9.82 Å². The van der Waals surface area contributed by atoms with Crippen LogP contribution in [0, 0.1) is 5.82 Å². The molecule has 4 nitrogen and oxygen atoms in total. The number of halogens is 3. The van der Waals surface area contributed by atoms with Gasteiger partial charge in [-0.1, -0.05) is 28.1 Å². The Morgan fingerprint density at radius 3 is 2.64 bits per heavy atom. The topological polar surface area (TPSA) is 61.7 Å². The highest BCUT2D eigenvalue weighted by molar-refractivity contribution is 9.11. The number of carbonyl (C=O) groups is 1. The molecule has 0 atom stereocenters. The molecule has 114 valence electrons. The van der Waals surface area contributed by atoms with Crippen LogP contribution in [0.1, 0.15) is 11.1 Å². The minimum Gasteiger partial charge on any atom is -0.506 e. The number of hydrogen-bond acceptors (Lipinski definition) is 3. The fraction of sp³-hybridized carbons (Fsp3) is 0.0667. The molecule has 0 saturated carbocycles. The summed E-state index contributed by atoms with van der Waals surface area (Å²) in [7, 11) is 0. The summed E-state index contributed by atoms with van der Waals surface area (Å²) in [6, 6.07) is 9.02. The van der Waals surface area contributed by atoms with Crippen LogP contribution in [0.4, 0.5) is 4.39 Å². The van der Waals surface area contributed by atoms with Crippen molar-refractivity contribution in [2.75, 3.05) is 0 Å². The van der Waals surface area contributed by atoms with E-state index in [4.69, 9.17) is 0 Å². The Bertz CT molecular complexity index is 718. The number of carbonyl (C=O) groups excluding carboxylic acids is 1. The molecule has 0 aliphatic carbocycles. The summed E-state index contributed by atoms with van der Waals surface area (Å²) >= 11 is 6.51. The van der Waals surface area contributed by atoms with Gasteiger partial charge in [0, 0.05) is 10.0 Å². The van der Waals surface area contributed by atoms with Gasteiger partial charge in [0.15, 0.2) is 0 Å². The van der Waals surface area contributed by atoms with E-state index in [0.717, 1.165) is 4.47 Å². The SMILES string of the molecule is O=C(Cc1ccc(F)cc1)N/N=C/c1cc(Br)cc(Br)c1O. The smallest absolute Gasteiger partial charge is 0.244 e. The molecule has 2 rings (SSSR count). The molecule has 0 unspecified atom stereocenters. The molecule has 22 heavy (non-hydrogen) atoms. The van der Waals surface area contributed by atoms with E-state index in [1.165, 1.54) is 30.5 Å². The summed E-state index contributed by atoms with van der Waals surface area (Å²) in [5.74, 6) is -0.658. The maximum absolute atomic E-state index is 12.8. The molecule has 0 aliphatic heterocycles. The van der Waals surface area contributed by atoms with Crippen LogP contribution in [-0.4, -0.2) is 17.2 Å². The standard InChI is InChI=1S/C15H11Br2FN2O2/c16-11-6-10(15(22)13(17)7-11)8-19-20-14(21)5-9-1-3-12(18)4-2-9/h1-4,6-8,22H,5H2,(H,20,21)/b19-8+. The monoisotopic (exact) mass is 428 g/mol. The lowest BCUT2D eigenvalue weighted by molar-refractivity contribution is -0.120. The molecule has 2 N–H and O–H groups in total. The second-order valence-corrected chi connectivity index (χ2v) is 6.19. The summed E-state index contributed by atoms with van der Waals surface area (Å²) in [6.07, 6.45) is 1.43. The second kappa shape index (κ2) is 7.51. The fourth-order valence-electron chi connectivity index (χ4n) is 1.69. The zero-order valence-electron chi connectivity index (χ0n) is 11.2. The van der Waals surface area contributed by atoms with Gasteiger partial charge in [-0.15, -0.1) is 0 Å². The number of phenols is 1. The lowest BCUT2D eigenvalue weighted by Crippen LogP contribution is -2.19. The minimum atomic E-state index is -0.349. The number of benzene rings is 2. The highest BCUT2D eigenvalue weighted by Gasteiger charge is 2.06. The largest absolute Gasteiger partial charge is 0.506 e. The Labute approximate surface area is 143 Å². The van der Waals surface area contributed by atoms with Crippen molar-refractivity contribution in [3.8, 4) is 5.75 Å². The molecular formula is C15H11Br2FN2O2. The van der Waals surface area contributed by atoms with Gasteiger partial charge in [0.2, 0.25) is 5.91 Å². The number of nitrogens with zero attached hydrogens (tertiary/aromatic N) is 1. The zero-order valence-corrected chi connectivity index (χ0v) is 14.4. The van der Waals surface area contributed by atoms with Gasteiger partial charge in [-0.2, -0.15) is 5.10 Å². The van der Waals surface area contributed by atoms with Gasteiger partial charge in [-0.05, 0) is 45.8 Å². The Kier molecular flexibility index (Phi) is 5.68. The summed E-state index contributed by atoms with van der Waals surface area (Å²) in [6.45, 7) is 0. The normalized spacial score (nSPS) is 10.9. The maximum atomic E-state index is 12.8. The lowest BCUT2D eigenvalue weighted by Gasteiger charge is -2.03. The number of nitrogens with one attached hydrogen (secondary N) is 1. The van der Waals surface area contributed by atoms with E-state index in [9.17, 15) is 14.3 Å². The molecule has 2 aromatic rings. The molecule has 0 saturated heterocycles. The number of aromatic hydroxyl groups is 1. The van der Waals surface area contributed by atoms with E-state index in [2.05, 4.69) is 42.4 Å². The number of amides is 1. The summed E-state index contributed by atoms with van der Waals surface area (Å²) < 4.78 is 14.0. The molecule has 0 aromatic heterocycles. The minimum absolute atomic E-state index is 0.0275. The third kappa shape index (κ3) is 4.64. The van der Waals surface area contributed by atoms with Crippen LogP contribution >= 0.6 is 31.9 Å². The Balaban J connectivity index is 1.97. The van der Waals surface area contributed by atoms with E-state index in [-0.39, 0.29) is 23.9 Å². The zero-order chi connectivity index (χ0) is 16.1. The molecule has 0 spiro atoms. The average Bonchev–Trinajstić information content (AvgIpc) is 2.46. The lowest BCUT2D eigenvalue weighted by atomic mass is 10.1. The van der Waals surface area contributed by atoms with Gasteiger partial charge in [0.25, 0.3) is 0 Å². The van der Waals surface area contributed by atoms with Crippen LogP contribution in [0.5, 0.6) is 5.75 Å². The van der Waals surface area contributed by atoms with Crippen LogP contribution in [-0.2, 0) is 11.2 Å². The Morgan fingerprint density at radius 1 is 1.27 bits per heavy atom. The van der Waals surface area contributed by atoms with E-state index >= 15 is 0 Å². The Hall–Kier alpha value is -1.73. The average molecular weight is 430 g/mol. The van der Waals surface area contributed by atoms with Gasteiger partial charge < -0.3 is 5.11 Å². The van der Waals surface area contributed by atoms with Crippen LogP contribution in [0.2, 0.25) is 0 Å². The van der Waals surface area contributed by atoms with Crippen molar-refractivity contribution in [2.45, 2.75) is 6.42 Å². The number of hydrazone groups is 1. The highest BCUT2D eigenvalue weighted by atomic mass is 79.9. The van der Waals surface area contributed by atoms with Crippen LogP contribution in [0.3, 0.4) is 0 Å². The summed E-state index contributed by atoms with van der Waals surface area (Å²) in [5, 5.41) is 13.6. The van der Waals surface area contributed by atoms with Crippen molar-refractivity contribution in [3.63, 3.8) is 0 Å².